The molecule has 1 heterocycles. The summed E-state index contributed by atoms with van der Waals surface area (Å²) in [5.41, 5.74) is 10.2. The van der Waals surface area contributed by atoms with Gasteiger partial charge in [-0.3, -0.25) is 4.90 Å². The van der Waals surface area contributed by atoms with Crippen molar-refractivity contribution in [3.05, 3.63) is 34.9 Å². The van der Waals surface area contributed by atoms with Gasteiger partial charge in [-0.2, -0.15) is 0 Å². The van der Waals surface area contributed by atoms with Crippen LogP contribution in [0.15, 0.2) is 18.2 Å². The molecule has 1 aromatic carbocycles. The molecular formula is C15H24N2. The molecule has 2 heteroatoms. The molecule has 94 valence electrons. The molecule has 17 heavy (non-hydrogen) atoms. The van der Waals surface area contributed by atoms with Gasteiger partial charge in [-0.05, 0) is 50.8 Å². The van der Waals surface area contributed by atoms with Gasteiger partial charge >= 0.3 is 0 Å². The first-order chi connectivity index (χ1) is 8.06. The van der Waals surface area contributed by atoms with Crippen molar-refractivity contribution >= 4 is 0 Å². The minimum atomic E-state index is 0.333. The van der Waals surface area contributed by atoms with Gasteiger partial charge in [0.2, 0.25) is 0 Å². The summed E-state index contributed by atoms with van der Waals surface area (Å²) in [5.74, 6) is 0.681. The molecule has 2 unspecified atom stereocenters. The smallest absolute Gasteiger partial charge is 0.0236 e. The maximum Gasteiger partial charge on any atom is 0.0236 e. The third-order valence-corrected chi connectivity index (χ3v) is 3.94. The van der Waals surface area contributed by atoms with Gasteiger partial charge in [0.15, 0.2) is 0 Å². The Morgan fingerprint density at radius 1 is 1.41 bits per heavy atom. The van der Waals surface area contributed by atoms with Crippen molar-refractivity contribution in [3.63, 3.8) is 0 Å². The molecule has 1 aromatic rings. The van der Waals surface area contributed by atoms with Crippen LogP contribution >= 0.6 is 0 Å². The monoisotopic (exact) mass is 232 g/mol. The summed E-state index contributed by atoms with van der Waals surface area (Å²) < 4.78 is 0. The molecule has 0 saturated carbocycles. The van der Waals surface area contributed by atoms with Crippen LogP contribution in [0.2, 0.25) is 0 Å². The van der Waals surface area contributed by atoms with Crippen LogP contribution in [0.1, 0.15) is 30.0 Å². The summed E-state index contributed by atoms with van der Waals surface area (Å²) in [5, 5.41) is 0. The highest BCUT2D eigenvalue weighted by atomic mass is 15.1. The van der Waals surface area contributed by atoms with Gasteiger partial charge in [-0.25, -0.2) is 0 Å². The number of hydrogen-bond donors (Lipinski definition) is 1. The van der Waals surface area contributed by atoms with Crippen LogP contribution in [0.5, 0.6) is 0 Å². The molecule has 1 saturated heterocycles. The SMILES string of the molecule is Cc1ccc(CN2CCC(C(C)N)C2)c(C)c1. The highest BCUT2D eigenvalue weighted by Gasteiger charge is 2.25. The van der Waals surface area contributed by atoms with Crippen LogP contribution in [-0.2, 0) is 6.54 Å². The molecule has 0 radical (unpaired) electrons. The van der Waals surface area contributed by atoms with Crippen LogP contribution in [0, 0.1) is 19.8 Å². The molecule has 1 aliphatic heterocycles. The first-order valence-electron chi connectivity index (χ1n) is 6.60. The van der Waals surface area contributed by atoms with E-state index in [0.717, 1.165) is 13.1 Å². The highest BCUT2D eigenvalue weighted by Crippen LogP contribution is 2.22. The third kappa shape index (κ3) is 3.08. The first-order valence-corrected chi connectivity index (χ1v) is 6.60. The second-order valence-corrected chi connectivity index (χ2v) is 5.57. The van der Waals surface area contributed by atoms with Crippen molar-refractivity contribution in [2.75, 3.05) is 13.1 Å². The largest absolute Gasteiger partial charge is 0.328 e. The van der Waals surface area contributed by atoms with E-state index < -0.39 is 0 Å². The molecule has 2 nitrogen and oxygen atoms in total. The Morgan fingerprint density at radius 3 is 2.76 bits per heavy atom. The number of likely N-dealkylation sites (tertiary alicyclic amines) is 1. The molecule has 0 spiro atoms. The van der Waals surface area contributed by atoms with E-state index in [2.05, 4.69) is 43.9 Å². The normalized spacial score (nSPS) is 22.9. The average Bonchev–Trinajstić information content (AvgIpc) is 2.71. The van der Waals surface area contributed by atoms with E-state index in [4.69, 9.17) is 5.73 Å². The van der Waals surface area contributed by atoms with Crippen molar-refractivity contribution in [2.45, 2.75) is 39.8 Å². The Morgan fingerprint density at radius 2 is 2.18 bits per heavy atom. The molecule has 0 bridgehead atoms. The lowest BCUT2D eigenvalue weighted by molar-refractivity contribution is 0.308. The number of nitrogens with zero attached hydrogens (tertiary/aromatic N) is 1. The molecule has 0 aromatic heterocycles. The Labute approximate surface area is 105 Å². The second kappa shape index (κ2) is 5.19. The van der Waals surface area contributed by atoms with Gasteiger partial charge in [-0.1, -0.05) is 23.8 Å². The maximum absolute atomic E-state index is 5.98. The Balaban J connectivity index is 1.98. The minimum Gasteiger partial charge on any atom is -0.328 e. The molecule has 1 aliphatic rings. The van der Waals surface area contributed by atoms with E-state index >= 15 is 0 Å². The standard InChI is InChI=1S/C15H24N2/c1-11-4-5-14(12(2)8-11)9-17-7-6-15(10-17)13(3)16/h4-5,8,13,15H,6-7,9-10,16H2,1-3H3. The van der Waals surface area contributed by atoms with Crippen LogP contribution in [-0.4, -0.2) is 24.0 Å². The topological polar surface area (TPSA) is 29.3 Å². The number of aryl methyl sites for hydroxylation is 2. The highest BCUT2D eigenvalue weighted by molar-refractivity contribution is 5.30. The average molecular weight is 232 g/mol. The Hall–Kier alpha value is -0.860. The summed E-state index contributed by atoms with van der Waals surface area (Å²) in [6.45, 7) is 9.92. The predicted molar refractivity (Wildman–Crippen MR) is 72.9 cm³/mol. The molecule has 2 rings (SSSR count). The van der Waals surface area contributed by atoms with E-state index in [0.29, 0.717) is 12.0 Å². The van der Waals surface area contributed by atoms with E-state index in [1.54, 1.807) is 0 Å². The number of rotatable bonds is 3. The van der Waals surface area contributed by atoms with Crippen molar-refractivity contribution in [1.29, 1.82) is 0 Å². The van der Waals surface area contributed by atoms with Gasteiger partial charge in [0, 0.05) is 19.1 Å². The van der Waals surface area contributed by atoms with E-state index in [1.807, 2.05) is 0 Å². The van der Waals surface area contributed by atoms with E-state index in [-0.39, 0.29) is 0 Å². The molecule has 2 N–H and O–H groups in total. The molecule has 2 atom stereocenters. The quantitative estimate of drug-likeness (QED) is 0.867. The zero-order valence-corrected chi connectivity index (χ0v) is 11.2. The van der Waals surface area contributed by atoms with Gasteiger partial charge < -0.3 is 5.73 Å². The van der Waals surface area contributed by atoms with Gasteiger partial charge in [-0.15, -0.1) is 0 Å². The molecule has 0 aliphatic carbocycles. The number of nitrogens with two attached hydrogens (primary N) is 1. The lowest BCUT2D eigenvalue weighted by Crippen LogP contribution is -2.29. The van der Waals surface area contributed by atoms with E-state index in [1.165, 1.54) is 29.7 Å². The second-order valence-electron chi connectivity index (χ2n) is 5.57. The fourth-order valence-electron chi connectivity index (χ4n) is 2.70. The van der Waals surface area contributed by atoms with Crippen molar-refractivity contribution in [2.24, 2.45) is 11.7 Å². The fourth-order valence-corrected chi connectivity index (χ4v) is 2.70. The van der Waals surface area contributed by atoms with Crippen LogP contribution in [0.3, 0.4) is 0 Å². The van der Waals surface area contributed by atoms with Crippen LogP contribution in [0.25, 0.3) is 0 Å². The maximum atomic E-state index is 5.98. The first kappa shape index (κ1) is 12.6. The zero-order chi connectivity index (χ0) is 12.4. The summed E-state index contributed by atoms with van der Waals surface area (Å²) in [4.78, 5) is 2.53. The lowest BCUT2D eigenvalue weighted by Gasteiger charge is -2.19. The van der Waals surface area contributed by atoms with E-state index in [9.17, 15) is 0 Å². The summed E-state index contributed by atoms with van der Waals surface area (Å²) in [7, 11) is 0. The van der Waals surface area contributed by atoms with Gasteiger partial charge in [0.1, 0.15) is 0 Å². The predicted octanol–water partition coefficient (Wildman–Crippen LogP) is 2.47. The Kier molecular flexibility index (Phi) is 3.85. The van der Waals surface area contributed by atoms with Gasteiger partial charge in [0.05, 0.1) is 0 Å². The minimum absolute atomic E-state index is 0.333. The number of hydrogen-bond acceptors (Lipinski definition) is 2. The number of benzene rings is 1. The Bertz CT molecular complexity index is 385. The molecule has 1 fully saturated rings. The summed E-state index contributed by atoms with van der Waals surface area (Å²) in [6, 6.07) is 7.08. The summed E-state index contributed by atoms with van der Waals surface area (Å²) in [6.07, 6.45) is 1.25. The molecular weight excluding hydrogens is 208 g/mol. The zero-order valence-electron chi connectivity index (χ0n) is 11.2. The summed E-state index contributed by atoms with van der Waals surface area (Å²) >= 11 is 0. The fraction of sp³-hybridized carbons (Fsp3) is 0.600. The third-order valence-electron chi connectivity index (χ3n) is 3.94. The lowest BCUT2D eigenvalue weighted by atomic mass is 10.0. The van der Waals surface area contributed by atoms with Gasteiger partial charge in [0.25, 0.3) is 0 Å². The van der Waals surface area contributed by atoms with Crippen molar-refractivity contribution in [3.8, 4) is 0 Å². The van der Waals surface area contributed by atoms with Crippen LogP contribution in [0.4, 0.5) is 0 Å². The molecule has 0 amide bonds. The van der Waals surface area contributed by atoms with Crippen molar-refractivity contribution < 1.29 is 0 Å². The van der Waals surface area contributed by atoms with Crippen molar-refractivity contribution in [1.82, 2.24) is 4.90 Å². The van der Waals surface area contributed by atoms with Crippen LogP contribution < -0.4 is 5.73 Å².